The third kappa shape index (κ3) is 2.83. The molecule has 0 fully saturated rings. The van der Waals surface area contributed by atoms with Crippen LogP contribution in [-0.2, 0) is 13.0 Å². The average Bonchev–Trinajstić information content (AvgIpc) is 2.78. The zero-order chi connectivity index (χ0) is 12.4. The highest BCUT2D eigenvalue weighted by molar-refractivity contribution is 7.15. The minimum atomic E-state index is 0. The summed E-state index contributed by atoms with van der Waals surface area (Å²) >= 11 is 1.68. The van der Waals surface area contributed by atoms with Crippen molar-refractivity contribution in [2.24, 2.45) is 5.73 Å². The molecule has 98 valence electrons. The van der Waals surface area contributed by atoms with Crippen LogP contribution in [0.4, 0.5) is 0 Å². The normalized spacial score (nSPS) is 10.2. The van der Waals surface area contributed by atoms with Gasteiger partial charge in [-0.2, -0.15) is 0 Å². The monoisotopic (exact) mass is 284 g/mol. The second kappa shape index (κ2) is 6.18. The van der Waals surface area contributed by atoms with Gasteiger partial charge < -0.3 is 10.7 Å². The largest absolute Gasteiger partial charge is 0.326 e. The van der Waals surface area contributed by atoms with Gasteiger partial charge >= 0.3 is 0 Å². The zero-order valence-corrected chi connectivity index (χ0v) is 12.1. The average molecular weight is 285 g/mol. The molecule has 18 heavy (non-hydrogen) atoms. The number of aryl methyl sites for hydroxylation is 2. The molecule has 5 heteroatoms. The van der Waals surface area contributed by atoms with Crippen LogP contribution in [0.25, 0.3) is 10.4 Å². The van der Waals surface area contributed by atoms with E-state index in [1.54, 1.807) is 11.3 Å². The summed E-state index contributed by atoms with van der Waals surface area (Å²) in [6.07, 6.45) is 0.748. The van der Waals surface area contributed by atoms with Gasteiger partial charge in [-0.05, 0) is 31.5 Å². The molecule has 0 spiro atoms. The lowest BCUT2D eigenvalue weighted by Crippen LogP contribution is -2.13. The number of rotatable bonds is 3. The Kier molecular flexibility index (Phi) is 5.14. The molecule has 0 saturated heterocycles. The van der Waals surface area contributed by atoms with Crippen LogP contribution in [0.1, 0.15) is 23.1 Å². The van der Waals surface area contributed by atoms with Gasteiger partial charge in [0.05, 0.1) is 0 Å². The van der Waals surface area contributed by atoms with E-state index in [-0.39, 0.29) is 18.0 Å². The highest BCUT2D eigenvalue weighted by Crippen LogP contribution is 2.29. The molecule has 0 radical (unpaired) electrons. The molecule has 2 aromatic rings. The lowest BCUT2D eigenvalue weighted by Gasteiger charge is -2.05. The van der Waals surface area contributed by atoms with E-state index in [2.05, 4.69) is 11.1 Å². The van der Waals surface area contributed by atoms with Gasteiger partial charge in [-0.25, -0.2) is 0 Å². The summed E-state index contributed by atoms with van der Waals surface area (Å²) in [6, 6.07) is 6.09. The van der Waals surface area contributed by atoms with Crippen LogP contribution >= 0.6 is 23.7 Å². The van der Waals surface area contributed by atoms with Crippen molar-refractivity contribution in [2.45, 2.75) is 26.8 Å². The quantitative estimate of drug-likeness (QED) is 0.910. The molecular weight excluding hydrogens is 268 g/mol. The summed E-state index contributed by atoms with van der Waals surface area (Å²) in [5.74, 6) is 0. The number of aromatic nitrogens is 1. The Hall–Kier alpha value is -1.10. The molecule has 0 bridgehead atoms. The number of hydrogen-bond donors (Lipinski definition) is 2. The molecule has 0 aliphatic carbocycles. The maximum absolute atomic E-state index is 11.6. The lowest BCUT2D eigenvalue weighted by atomic mass is 10.1. The maximum atomic E-state index is 11.6. The first-order valence-electron chi connectivity index (χ1n) is 5.67. The molecule has 3 N–H and O–H groups in total. The van der Waals surface area contributed by atoms with E-state index < -0.39 is 0 Å². The van der Waals surface area contributed by atoms with Gasteiger partial charge in [0.25, 0.3) is 5.56 Å². The van der Waals surface area contributed by atoms with Gasteiger partial charge in [0.2, 0.25) is 0 Å². The van der Waals surface area contributed by atoms with E-state index in [1.165, 1.54) is 0 Å². The van der Waals surface area contributed by atoms with Crippen molar-refractivity contribution in [3.05, 3.63) is 44.7 Å². The van der Waals surface area contributed by atoms with Crippen molar-refractivity contribution in [1.29, 1.82) is 0 Å². The van der Waals surface area contributed by atoms with Crippen LogP contribution in [0, 0.1) is 6.92 Å². The molecule has 0 aromatic carbocycles. The molecule has 3 nitrogen and oxygen atoms in total. The van der Waals surface area contributed by atoms with Crippen LogP contribution in [0.2, 0.25) is 0 Å². The van der Waals surface area contributed by atoms with Gasteiger partial charge in [0, 0.05) is 33.1 Å². The third-order valence-electron chi connectivity index (χ3n) is 2.82. The molecule has 0 amide bonds. The number of hydrogen-bond acceptors (Lipinski definition) is 3. The van der Waals surface area contributed by atoms with Crippen molar-refractivity contribution in [2.75, 3.05) is 0 Å². The Morgan fingerprint density at radius 1 is 1.39 bits per heavy atom. The molecule has 0 unspecified atom stereocenters. The highest BCUT2D eigenvalue weighted by atomic mass is 35.5. The number of thiophene rings is 1. The van der Waals surface area contributed by atoms with Crippen molar-refractivity contribution >= 4 is 23.7 Å². The van der Waals surface area contributed by atoms with Gasteiger partial charge in [-0.3, -0.25) is 4.79 Å². The van der Waals surface area contributed by atoms with E-state index in [0.29, 0.717) is 6.54 Å². The molecule has 0 atom stereocenters. The predicted molar refractivity (Wildman–Crippen MR) is 79.6 cm³/mol. The van der Waals surface area contributed by atoms with E-state index in [9.17, 15) is 4.79 Å². The molecule has 2 heterocycles. The van der Waals surface area contributed by atoms with Crippen LogP contribution in [-0.4, -0.2) is 4.98 Å². The first kappa shape index (κ1) is 15.0. The zero-order valence-electron chi connectivity index (χ0n) is 10.4. The van der Waals surface area contributed by atoms with Crippen LogP contribution in [0.3, 0.4) is 0 Å². The molecule has 0 saturated carbocycles. The van der Waals surface area contributed by atoms with Crippen molar-refractivity contribution in [3.63, 3.8) is 0 Å². The van der Waals surface area contributed by atoms with E-state index in [0.717, 1.165) is 33.0 Å². The highest BCUT2D eigenvalue weighted by Gasteiger charge is 2.08. The van der Waals surface area contributed by atoms with Crippen LogP contribution in [0.15, 0.2) is 23.0 Å². The fourth-order valence-corrected chi connectivity index (χ4v) is 2.78. The fraction of sp³-hybridized carbons (Fsp3) is 0.308. The number of nitrogens with two attached hydrogens (primary N) is 1. The summed E-state index contributed by atoms with van der Waals surface area (Å²) in [4.78, 5) is 16.9. The fourth-order valence-electron chi connectivity index (χ4n) is 1.82. The standard InChI is InChI=1S/C13H16N2OS.ClH/c1-3-9-6-11(8(2)15-13(9)16)12-5-4-10(7-14)17-12;/h4-6H,3,7,14H2,1-2H3,(H,15,16);1H. The summed E-state index contributed by atoms with van der Waals surface area (Å²) < 4.78 is 0. The SMILES string of the molecule is CCc1cc(-c2ccc(CN)s2)c(C)[nH]c1=O.Cl. The first-order chi connectivity index (χ1) is 8.15. The Labute approximate surface area is 116 Å². The smallest absolute Gasteiger partial charge is 0.251 e. The summed E-state index contributed by atoms with van der Waals surface area (Å²) in [6.45, 7) is 4.48. The molecule has 2 aromatic heterocycles. The summed E-state index contributed by atoms with van der Waals surface area (Å²) in [5, 5.41) is 0. The Balaban J connectivity index is 0.00000162. The van der Waals surface area contributed by atoms with Gasteiger partial charge in [0.1, 0.15) is 0 Å². The van der Waals surface area contributed by atoms with Crippen molar-refractivity contribution in [1.82, 2.24) is 4.98 Å². The van der Waals surface area contributed by atoms with Crippen LogP contribution in [0.5, 0.6) is 0 Å². The van der Waals surface area contributed by atoms with Crippen LogP contribution < -0.4 is 11.3 Å². The van der Waals surface area contributed by atoms with Gasteiger partial charge in [-0.15, -0.1) is 23.7 Å². The number of halogens is 1. The number of aromatic amines is 1. The lowest BCUT2D eigenvalue weighted by molar-refractivity contribution is 1.03. The minimum Gasteiger partial charge on any atom is -0.326 e. The van der Waals surface area contributed by atoms with Crippen molar-refractivity contribution < 1.29 is 0 Å². The van der Waals surface area contributed by atoms with Gasteiger partial charge in [0.15, 0.2) is 0 Å². The topological polar surface area (TPSA) is 58.9 Å². The van der Waals surface area contributed by atoms with E-state index >= 15 is 0 Å². The molecule has 0 aliphatic rings. The molecule has 2 rings (SSSR count). The third-order valence-corrected chi connectivity index (χ3v) is 3.97. The second-order valence-corrected chi connectivity index (χ2v) is 5.15. The number of H-pyrrole nitrogens is 1. The first-order valence-corrected chi connectivity index (χ1v) is 6.49. The maximum Gasteiger partial charge on any atom is 0.251 e. The van der Waals surface area contributed by atoms with Crippen molar-refractivity contribution in [3.8, 4) is 10.4 Å². The Morgan fingerprint density at radius 3 is 2.67 bits per heavy atom. The Bertz CT molecular complexity index is 589. The summed E-state index contributed by atoms with van der Waals surface area (Å²) in [7, 11) is 0. The Morgan fingerprint density at radius 2 is 2.11 bits per heavy atom. The second-order valence-electron chi connectivity index (χ2n) is 3.99. The van der Waals surface area contributed by atoms with E-state index in [1.807, 2.05) is 26.0 Å². The predicted octanol–water partition coefficient (Wildman–Crippen LogP) is 2.85. The number of pyridine rings is 1. The van der Waals surface area contributed by atoms with Gasteiger partial charge in [-0.1, -0.05) is 6.92 Å². The minimum absolute atomic E-state index is 0. The van der Waals surface area contributed by atoms with E-state index in [4.69, 9.17) is 5.73 Å². The number of nitrogens with one attached hydrogen (secondary N) is 1. The molecular formula is C13H17ClN2OS. The molecule has 0 aliphatic heterocycles. The summed E-state index contributed by atoms with van der Waals surface area (Å²) in [5.41, 5.74) is 8.47.